The first-order valence-electron chi connectivity index (χ1n) is 8.87. The zero-order chi connectivity index (χ0) is 19.4. The Kier molecular flexibility index (Phi) is 6.01. The Morgan fingerprint density at radius 3 is 2.41 bits per heavy atom. The number of anilines is 1. The number of methoxy groups -OCH3 is 2. The minimum atomic E-state index is -3.36. The fourth-order valence-corrected chi connectivity index (χ4v) is 3.82. The monoisotopic (exact) mass is 395 g/mol. The third-order valence-electron chi connectivity index (χ3n) is 4.86. The lowest BCUT2D eigenvalue weighted by molar-refractivity contribution is 0.264. The van der Waals surface area contributed by atoms with Gasteiger partial charge in [0.05, 0.1) is 32.6 Å². The molecule has 9 heteroatoms. The van der Waals surface area contributed by atoms with Gasteiger partial charge in [0.25, 0.3) is 10.1 Å². The minimum absolute atomic E-state index is 0.247. The molecule has 0 N–H and O–H groups in total. The van der Waals surface area contributed by atoms with Crippen LogP contribution in [0.4, 0.5) is 5.82 Å². The van der Waals surface area contributed by atoms with Crippen molar-refractivity contribution in [1.29, 1.82) is 0 Å². The Morgan fingerprint density at radius 2 is 1.78 bits per heavy atom. The second kappa shape index (κ2) is 8.26. The van der Waals surface area contributed by atoms with E-state index in [0.29, 0.717) is 17.4 Å². The molecule has 1 fully saturated rings. The van der Waals surface area contributed by atoms with Crippen LogP contribution in [-0.2, 0) is 14.3 Å². The molecule has 2 aromatic rings. The van der Waals surface area contributed by atoms with E-state index in [1.54, 1.807) is 20.5 Å². The summed E-state index contributed by atoms with van der Waals surface area (Å²) in [6, 6.07) is 3.77. The van der Waals surface area contributed by atoms with Crippen molar-refractivity contribution in [3.63, 3.8) is 0 Å². The lowest BCUT2D eigenvalue weighted by Crippen LogP contribution is -2.34. The van der Waals surface area contributed by atoms with Crippen molar-refractivity contribution >= 4 is 26.8 Å². The standard InChI is InChI=1S/C18H25N3O5S/c1-24-16-10-14-15(11-17(16)25-2)19-12-20-18(14)21-7-4-13(5-8-21)6-9-26-27(3,22)23/h10-13H,4-9H2,1-3H3. The topological polar surface area (TPSA) is 90.9 Å². The maximum absolute atomic E-state index is 11.1. The van der Waals surface area contributed by atoms with Crippen molar-refractivity contribution in [2.24, 2.45) is 5.92 Å². The maximum Gasteiger partial charge on any atom is 0.264 e. The van der Waals surface area contributed by atoms with Gasteiger partial charge in [-0.3, -0.25) is 4.18 Å². The minimum Gasteiger partial charge on any atom is -0.493 e. The van der Waals surface area contributed by atoms with E-state index in [1.807, 2.05) is 12.1 Å². The Morgan fingerprint density at radius 1 is 1.11 bits per heavy atom. The average molecular weight is 395 g/mol. The van der Waals surface area contributed by atoms with Crippen molar-refractivity contribution in [2.75, 3.05) is 45.1 Å². The Balaban J connectivity index is 1.71. The van der Waals surface area contributed by atoms with Gasteiger partial charge in [-0.05, 0) is 31.2 Å². The first kappa shape index (κ1) is 19.6. The van der Waals surface area contributed by atoms with Gasteiger partial charge in [0, 0.05) is 24.5 Å². The van der Waals surface area contributed by atoms with Crippen LogP contribution >= 0.6 is 0 Å². The van der Waals surface area contributed by atoms with Gasteiger partial charge in [-0.1, -0.05) is 0 Å². The number of fused-ring (bicyclic) bond motifs is 1. The highest BCUT2D eigenvalue weighted by atomic mass is 32.2. The molecule has 0 amide bonds. The molecule has 1 aromatic heterocycles. The van der Waals surface area contributed by atoms with E-state index in [0.717, 1.165) is 55.3 Å². The third-order valence-corrected chi connectivity index (χ3v) is 5.45. The van der Waals surface area contributed by atoms with Gasteiger partial charge in [0.2, 0.25) is 0 Å². The van der Waals surface area contributed by atoms with Crippen LogP contribution < -0.4 is 14.4 Å². The quantitative estimate of drug-likeness (QED) is 0.659. The summed E-state index contributed by atoms with van der Waals surface area (Å²) in [6.45, 7) is 1.95. The molecule has 3 rings (SSSR count). The summed E-state index contributed by atoms with van der Waals surface area (Å²) in [5.41, 5.74) is 0.807. The molecule has 2 heterocycles. The van der Waals surface area contributed by atoms with E-state index >= 15 is 0 Å². The summed E-state index contributed by atoms with van der Waals surface area (Å²) in [7, 11) is -0.155. The van der Waals surface area contributed by atoms with Crippen LogP contribution in [0.25, 0.3) is 10.9 Å². The average Bonchev–Trinajstić information content (AvgIpc) is 2.66. The second-order valence-corrected chi connectivity index (χ2v) is 8.31. The number of hydrogen-bond acceptors (Lipinski definition) is 8. The molecule has 27 heavy (non-hydrogen) atoms. The van der Waals surface area contributed by atoms with Gasteiger partial charge in [-0.15, -0.1) is 0 Å². The van der Waals surface area contributed by atoms with Crippen LogP contribution in [0.15, 0.2) is 18.5 Å². The van der Waals surface area contributed by atoms with Crippen LogP contribution in [0.2, 0.25) is 0 Å². The third kappa shape index (κ3) is 4.78. The summed E-state index contributed by atoms with van der Waals surface area (Å²) >= 11 is 0. The first-order chi connectivity index (χ1) is 12.9. The van der Waals surface area contributed by atoms with E-state index in [9.17, 15) is 8.42 Å². The molecule has 1 aliphatic rings. The number of rotatable bonds is 7. The van der Waals surface area contributed by atoms with E-state index in [4.69, 9.17) is 13.7 Å². The summed E-state index contributed by atoms with van der Waals surface area (Å²) in [5, 5.41) is 0.925. The van der Waals surface area contributed by atoms with Crippen LogP contribution in [0.5, 0.6) is 11.5 Å². The van der Waals surface area contributed by atoms with Crippen LogP contribution in [-0.4, -0.2) is 58.6 Å². The molecular formula is C18H25N3O5S. The smallest absolute Gasteiger partial charge is 0.264 e. The van der Waals surface area contributed by atoms with Gasteiger partial charge in [-0.25, -0.2) is 9.97 Å². The fourth-order valence-electron chi connectivity index (χ4n) is 3.42. The normalized spacial score (nSPS) is 15.9. The zero-order valence-corrected chi connectivity index (χ0v) is 16.7. The largest absolute Gasteiger partial charge is 0.493 e. The highest BCUT2D eigenvalue weighted by molar-refractivity contribution is 7.85. The Bertz CT molecular complexity index is 895. The molecule has 1 aliphatic heterocycles. The van der Waals surface area contributed by atoms with Gasteiger partial charge in [-0.2, -0.15) is 8.42 Å². The summed E-state index contributed by atoms with van der Waals surface area (Å²) in [6.07, 6.45) is 5.32. The lowest BCUT2D eigenvalue weighted by Gasteiger charge is -2.33. The van der Waals surface area contributed by atoms with Crippen LogP contribution in [0.1, 0.15) is 19.3 Å². The van der Waals surface area contributed by atoms with E-state index in [2.05, 4.69) is 14.9 Å². The van der Waals surface area contributed by atoms with E-state index < -0.39 is 10.1 Å². The predicted molar refractivity (Wildman–Crippen MR) is 103 cm³/mol. The molecule has 1 aromatic carbocycles. The second-order valence-electron chi connectivity index (χ2n) is 6.67. The molecule has 1 saturated heterocycles. The molecule has 8 nitrogen and oxygen atoms in total. The predicted octanol–water partition coefficient (Wildman–Crippen LogP) is 2.23. The summed E-state index contributed by atoms with van der Waals surface area (Å²) in [5.74, 6) is 2.62. The summed E-state index contributed by atoms with van der Waals surface area (Å²) < 4.78 is 37.8. The van der Waals surface area contributed by atoms with E-state index in [-0.39, 0.29) is 6.61 Å². The molecule has 0 atom stereocenters. The Labute approximate surface area is 159 Å². The van der Waals surface area contributed by atoms with Crippen LogP contribution in [0.3, 0.4) is 0 Å². The number of benzene rings is 1. The molecule has 0 saturated carbocycles. The SMILES string of the molecule is COc1cc2ncnc(N3CCC(CCOS(C)(=O)=O)CC3)c2cc1OC. The highest BCUT2D eigenvalue weighted by Crippen LogP contribution is 2.35. The number of ether oxygens (including phenoxy) is 2. The first-order valence-corrected chi connectivity index (χ1v) is 10.7. The molecule has 0 radical (unpaired) electrons. The van der Waals surface area contributed by atoms with Gasteiger partial charge < -0.3 is 14.4 Å². The number of piperidine rings is 1. The van der Waals surface area contributed by atoms with Crippen molar-refractivity contribution in [1.82, 2.24) is 9.97 Å². The van der Waals surface area contributed by atoms with Crippen molar-refractivity contribution < 1.29 is 22.1 Å². The van der Waals surface area contributed by atoms with Gasteiger partial charge in [0.1, 0.15) is 12.1 Å². The lowest BCUT2D eigenvalue weighted by atomic mass is 9.94. The van der Waals surface area contributed by atoms with Gasteiger partial charge >= 0.3 is 0 Å². The molecular weight excluding hydrogens is 370 g/mol. The molecule has 0 unspecified atom stereocenters. The Hall–Kier alpha value is -2.13. The van der Waals surface area contributed by atoms with Gasteiger partial charge in [0.15, 0.2) is 11.5 Å². The highest BCUT2D eigenvalue weighted by Gasteiger charge is 2.22. The summed E-state index contributed by atoms with van der Waals surface area (Å²) in [4.78, 5) is 11.1. The molecule has 148 valence electrons. The molecule has 0 bridgehead atoms. The number of hydrogen-bond donors (Lipinski definition) is 0. The van der Waals surface area contributed by atoms with Crippen molar-refractivity contribution in [3.8, 4) is 11.5 Å². The maximum atomic E-state index is 11.1. The molecule has 0 spiro atoms. The number of nitrogens with zero attached hydrogens (tertiary/aromatic N) is 3. The zero-order valence-electron chi connectivity index (χ0n) is 15.8. The van der Waals surface area contributed by atoms with Crippen molar-refractivity contribution in [3.05, 3.63) is 18.5 Å². The van der Waals surface area contributed by atoms with Crippen molar-refractivity contribution in [2.45, 2.75) is 19.3 Å². The molecule has 0 aliphatic carbocycles. The van der Waals surface area contributed by atoms with E-state index in [1.165, 1.54) is 0 Å². The number of aromatic nitrogens is 2. The van der Waals surface area contributed by atoms with Crippen LogP contribution in [0, 0.1) is 5.92 Å². The fraction of sp³-hybridized carbons (Fsp3) is 0.556.